The van der Waals surface area contributed by atoms with Crippen LogP contribution in [0.4, 0.5) is 24.0 Å². The van der Waals surface area contributed by atoms with Gasteiger partial charge in [0.05, 0.1) is 18.1 Å². The molecule has 0 saturated carbocycles. The van der Waals surface area contributed by atoms with Crippen LogP contribution in [0.3, 0.4) is 0 Å². The van der Waals surface area contributed by atoms with Crippen LogP contribution in [0.25, 0.3) is 0 Å². The lowest BCUT2D eigenvalue weighted by atomic mass is 9.99. The van der Waals surface area contributed by atoms with Crippen LogP contribution in [-0.2, 0) is 11.2 Å². The van der Waals surface area contributed by atoms with Gasteiger partial charge < -0.3 is 80.2 Å². The van der Waals surface area contributed by atoms with Crippen molar-refractivity contribution in [2.24, 2.45) is 29.0 Å². The molecule has 1 aliphatic heterocycles. The van der Waals surface area contributed by atoms with Crippen molar-refractivity contribution in [3.63, 3.8) is 0 Å². The number of carbonyl (C=O) groups excluding carboxylic acids is 5. The number of hydrogen-bond acceptors (Lipinski definition) is 10. The van der Waals surface area contributed by atoms with E-state index in [2.05, 4.69) is 47.9 Å². The molecule has 0 aliphatic carbocycles. The Morgan fingerprint density at radius 3 is 1.95 bits per heavy atom. The van der Waals surface area contributed by atoms with E-state index in [0.29, 0.717) is 51.9 Å². The summed E-state index contributed by atoms with van der Waals surface area (Å²) in [5.41, 5.74) is 18.2. The van der Waals surface area contributed by atoms with E-state index in [1.54, 1.807) is 17.0 Å². The molecule has 7 atom stereocenters. The number of aromatic hydroxyl groups is 1. The topological polar surface area (TPSA) is 332 Å². The molecule has 0 aromatic heterocycles. The maximum Gasteiger partial charge on any atom is 0.326 e. The Hall–Kier alpha value is -5.28. The number of phenolic OH excluding ortho intramolecular Hbond substituents is 1. The molecule has 0 bridgehead atoms. The van der Waals surface area contributed by atoms with Gasteiger partial charge in [0.15, 0.2) is 0 Å². The number of likely N-dealkylation sites (tertiary alicyclic amines) is 1. The van der Waals surface area contributed by atoms with Crippen LogP contribution < -0.4 is 65.1 Å². The fraction of sp³-hybridized carbons (Fsp3) is 0.721. The molecule has 64 heavy (non-hydrogen) atoms. The first-order chi connectivity index (χ1) is 30.5. The second-order valence-corrected chi connectivity index (χ2v) is 17.2. The lowest BCUT2D eigenvalue weighted by Crippen LogP contribution is -2.56. The van der Waals surface area contributed by atoms with E-state index >= 15 is 0 Å². The van der Waals surface area contributed by atoms with E-state index in [-0.39, 0.29) is 80.4 Å². The van der Waals surface area contributed by atoms with Gasteiger partial charge in [0.25, 0.3) is 0 Å². The third-order valence-electron chi connectivity index (χ3n) is 11.2. The molecular formula is C43H79N13O8. The minimum absolute atomic E-state index is 0.0226. The molecule has 21 nitrogen and oxygen atoms in total. The average Bonchev–Trinajstić information content (AvgIpc) is 3.73. The maximum absolute atomic E-state index is 13.4. The Kier molecular flexibility index (Phi) is 26.3. The first-order valence-corrected chi connectivity index (χ1v) is 22.9. The van der Waals surface area contributed by atoms with E-state index in [4.69, 9.17) is 17.2 Å². The minimum Gasteiger partial charge on any atom is -0.508 e. The summed E-state index contributed by atoms with van der Waals surface area (Å²) in [5, 5.41) is 44.7. The number of nitrogens with two attached hydrogens (primary N) is 3. The fourth-order valence-electron chi connectivity index (χ4n) is 7.26. The number of amides is 10. The van der Waals surface area contributed by atoms with Crippen molar-refractivity contribution in [2.45, 2.75) is 135 Å². The van der Waals surface area contributed by atoms with Gasteiger partial charge in [-0.15, -0.1) is 0 Å². The monoisotopic (exact) mass is 906 g/mol. The van der Waals surface area contributed by atoms with Crippen LogP contribution >= 0.6 is 0 Å². The van der Waals surface area contributed by atoms with Crippen LogP contribution in [0.2, 0.25) is 0 Å². The van der Waals surface area contributed by atoms with Crippen LogP contribution in [0, 0.1) is 11.8 Å². The molecule has 1 aromatic carbocycles. The first kappa shape index (κ1) is 54.9. The van der Waals surface area contributed by atoms with Gasteiger partial charge in [-0.25, -0.2) is 28.8 Å². The predicted octanol–water partition coefficient (Wildman–Crippen LogP) is 1.54. The highest BCUT2D eigenvalue weighted by Gasteiger charge is 2.30. The molecule has 21 heteroatoms. The molecule has 0 unspecified atom stereocenters. The summed E-state index contributed by atoms with van der Waals surface area (Å²) in [7, 11) is 0. The van der Waals surface area contributed by atoms with E-state index in [1.165, 1.54) is 12.1 Å². The number of carbonyl (C=O) groups is 6. The number of carboxylic acids is 1. The van der Waals surface area contributed by atoms with Gasteiger partial charge in [0.2, 0.25) is 0 Å². The van der Waals surface area contributed by atoms with Crippen molar-refractivity contribution in [3.05, 3.63) is 29.8 Å². The number of carboxylic acid groups (broad SMARTS) is 1. The fourth-order valence-corrected chi connectivity index (χ4v) is 7.26. The highest BCUT2D eigenvalue weighted by Crippen LogP contribution is 2.17. The summed E-state index contributed by atoms with van der Waals surface area (Å²) in [6.07, 6.45) is 7.33. The van der Waals surface area contributed by atoms with Gasteiger partial charge in [-0.3, -0.25) is 0 Å². The molecule has 1 aromatic rings. The normalized spacial score (nSPS) is 16.3. The lowest BCUT2D eigenvalue weighted by Gasteiger charge is -2.28. The number of rotatable bonds is 29. The van der Waals surface area contributed by atoms with Gasteiger partial charge >= 0.3 is 36.1 Å². The molecule has 10 amide bonds. The van der Waals surface area contributed by atoms with Gasteiger partial charge in [0, 0.05) is 51.4 Å². The molecule has 1 fully saturated rings. The van der Waals surface area contributed by atoms with E-state index < -0.39 is 42.2 Å². The van der Waals surface area contributed by atoms with Gasteiger partial charge in [0.1, 0.15) is 11.8 Å². The third kappa shape index (κ3) is 22.9. The molecule has 0 spiro atoms. The van der Waals surface area contributed by atoms with Crippen molar-refractivity contribution in [1.29, 1.82) is 0 Å². The number of hydrogen-bond donors (Lipinski definition) is 14. The molecule has 1 heterocycles. The number of nitrogens with one attached hydrogen (secondary N) is 9. The van der Waals surface area contributed by atoms with E-state index in [0.717, 1.165) is 44.1 Å². The smallest absolute Gasteiger partial charge is 0.326 e. The summed E-state index contributed by atoms with van der Waals surface area (Å²) >= 11 is 0. The number of aliphatic carboxylic acids is 1. The van der Waals surface area contributed by atoms with Crippen molar-refractivity contribution in [3.8, 4) is 5.75 Å². The zero-order chi connectivity index (χ0) is 47.4. The van der Waals surface area contributed by atoms with Crippen LogP contribution in [0.5, 0.6) is 5.75 Å². The second-order valence-electron chi connectivity index (χ2n) is 17.2. The van der Waals surface area contributed by atoms with Crippen LogP contribution in [-0.4, -0.2) is 140 Å². The summed E-state index contributed by atoms with van der Waals surface area (Å²) in [6.45, 7) is 9.95. The highest BCUT2D eigenvalue weighted by molar-refractivity contribution is 5.82. The van der Waals surface area contributed by atoms with Crippen molar-refractivity contribution in [2.75, 3.05) is 52.4 Å². The zero-order valence-electron chi connectivity index (χ0n) is 38.4. The van der Waals surface area contributed by atoms with Crippen molar-refractivity contribution < 1.29 is 39.0 Å². The number of unbranched alkanes of at least 4 members (excludes halogenated alkanes) is 2. The molecule has 17 N–H and O–H groups in total. The van der Waals surface area contributed by atoms with Crippen molar-refractivity contribution in [1.82, 2.24) is 52.8 Å². The summed E-state index contributed by atoms with van der Waals surface area (Å²) in [6, 6.07) is 1.19. The van der Waals surface area contributed by atoms with Gasteiger partial charge in [-0.2, -0.15) is 0 Å². The number of phenols is 1. The quantitative estimate of drug-likeness (QED) is 0.0512. The molecule has 364 valence electrons. The zero-order valence-corrected chi connectivity index (χ0v) is 38.4. The SMILES string of the molecule is CC[C@H](C)[C@@H](CNC(=O)N[C@@H](CC(C)C)C(=O)O)NC(=O)NC[C@H](Cc1ccc(O)cc1)NC(=O)NC[C@@H]1CCCN1C(=O)NC[C@H](CCCCN)NC(=O)NC[C@@H](N)CCCCN. The van der Waals surface area contributed by atoms with E-state index in [1.807, 2.05) is 27.7 Å². The summed E-state index contributed by atoms with van der Waals surface area (Å²) in [4.78, 5) is 78.7. The number of urea groups is 5. The standard InChI is InChI=1S/C43H79N13O8/c1-5-29(4)37(27-50-42(63)54-36(38(58)59)21-28(2)3)55-41(62)48-25-33(22-30-14-16-35(57)17-15-30)53-40(61)49-26-34-13-10-20-56(34)43(64)51-24-32(12-7-9-19-45)52-39(60)47-23-31(46)11-6-8-18-44/h14-17,28-29,31-34,36-37,57H,5-13,18-27,44-46H2,1-4H3,(H,51,64)(H,58,59)(H2,47,52,60)(H2,48,55,62)(H2,49,53,61)(H2,50,54,63)/t29-,31-,32-,33-,34-,36-,37+/m0/s1. The Labute approximate surface area is 378 Å². The second kappa shape index (κ2) is 30.7. The maximum atomic E-state index is 13.4. The third-order valence-corrected chi connectivity index (χ3v) is 11.2. The van der Waals surface area contributed by atoms with Crippen LogP contribution in [0.15, 0.2) is 24.3 Å². The minimum atomic E-state index is -1.13. The molecule has 1 saturated heterocycles. The lowest BCUT2D eigenvalue weighted by molar-refractivity contribution is -0.139. The van der Waals surface area contributed by atoms with Gasteiger partial charge in [-0.05, 0) is 94.0 Å². The Bertz CT molecular complexity index is 1560. The summed E-state index contributed by atoms with van der Waals surface area (Å²) < 4.78 is 0. The highest BCUT2D eigenvalue weighted by atomic mass is 16.4. The predicted molar refractivity (Wildman–Crippen MR) is 247 cm³/mol. The number of nitrogens with zero attached hydrogens (tertiary/aromatic N) is 1. The Morgan fingerprint density at radius 2 is 1.31 bits per heavy atom. The Morgan fingerprint density at radius 1 is 0.734 bits per heavy atom. The first-order valence-electron chi connectivity index (χ1n) is 22.9. The molecule has 2 rings (SSSR count). The summed E-state index contributed by atoms with van der Waals surface area (Å²) in [5.74, 6) is -1.05. The van der Waals surface area contributed by atoms with Crippen LogP contribution in [0.1, 0.15) is 97.5 Å². The average molecular weight is 906 g/mol. The molecule has 1 aliphatic rings. The Balaban J connectivity index is 1.98. The van der Waals surface area contributed by atoms with E-state index in [9.17, 15) is 39.0 Å². The van der Waals surface area contributed by atoms with Crippen molar-refractivity contribution >= 4 is 36.1 Å². The largest absolute Gasteiger partial charge is 0.508 e. The van der Waals surface area contributed by atoms with Gasteiger partial charge in [-0.1, -0.05) is 59.1 Å². The molecule has 0 radical (unpaired) electrons. The molecular weight excluding hydrogens is 827 g/mol. The number of benzene rings is 1.